The van der Waals surface area contributed by atoms with Crippen LogP contribution in [-0.2, 0) is 19.9 Å². The van der Waals surface area contributed by atoms with Crippen LogP contribution in [0.15, 0.2) is 18.2 Å². The third-order valence-electron chi connectivity index (χ3n) is 4.40. The lowest BCUT2D eigenvalue weighted by molar-refractivity contribution is 0.0941. The Morgan fingerprint density at radius 2 is 1.92 bits per heavy atom. The van der Waals surface area contributed by atoms with Gasteiger partial charge >= 0.3 is 0 Å². The Morgan fingerprint density at radius 3 is 2.52 bits per heavy atom. The molecule has 1 amide bonds. The van der Waals surface area contributed by atoms with Crippen molar-refractivity contribution in [1.82, 2.24) is 5.32 Å². The average Bonchev–Trinajstić information content (AvgIpc) is 2.85. The van der Waals surface area contributed by atoms with Gasteiger partial charge in [0.15, 0.2) is 9.84 Å². The Kier molecular flexibility index (Phi) is 5.00. The van der Waals surface area contributed by atoms with Crippen molar-refractivity contribution in [2.45, 2.75) is 25.3 Å². The van der Waals surface area contributed by atoms with E-state index < -0.39 is 31.8 Å². The summed E-state index contributed by atoms with van der Waals surface area (Å²) < 4.78 is 48.5. The summed E-state index contributed by atoms with van der Waals surface area (Å²) in [6.07, 6.45) is 1.79. The predicted molar refractivity (Wildman–Crippen MR) is 96.3 cm³/mol. The molecule has 0 spiro atoms. The molecule has 0 aromatic heterocycles. The number of amides is 1. The number of nitrogens with zero attached hydrogens (tertiary/aromatic N) is 1. The van der Waals surface area contributed by atoms with Gasteiger partial charge in [0.2, 0.25) is 10.0 Å². The van der Waals surface area contributed by atoms with E-state index >= 15 is 0 Å². The summed E-state index contributed by atoms with van der Waals surface area (Å²) in [6, 6.07) is 4.07. The molecule has 1 aromatic carbocycles. The molecule has 25 heavy (non-hydrogen) atoms. The van der Waals surface area contributed by atoms with Gasteiger partial charge in [-0.3, -0.25) is 9.10 Å². The van der Waals surface area contributed by atoms with Gasteiger partial charge in [-0.2, -0.15) is 0 Å². The molecular formula is C15H19ClN2O5S2. The van der Waals surface area contributed by atoms with E-state index in [4.69, 9.17) is 11.6 Å². The number of carbonyl (C=O) groups excluding carboxylic acids is 1. The smallest absolute Gasteiger partial charge is 0.253 e. The zero-order chi connectivity index (χ0) is 18.2. The van der Waals surface area contributed by atoms with Crippen molar-refractivity contribution < 1.29 is 21.6 Å². The van der Waals surface area contributed by atoms with Gasteiger partial charge in [0, 0.05) is 12.6 Å². The molecule has 0 saturated carbocycles. The first-order valence-corrected chi connectivity index (χ1v) is 11.8. The fraction of sp³-hybridized carbons (Fsp3) is 0.533. The first-order valence-electron chi connectivity index (χ1n) is 7.99. The van der Waals surface area contributed by atoms with Crippen LogP contribution in [0.5, 0.6) is 0 Å². The van der Waals surface area contributed by atoms with E-state index in [-0.39, 0.29) is 27.8 Å². The number of halogens is 1. The standard InChI is InChI=1S/C15H19ClN2O5S2/c16-14-9-12(18-6-1-2-7-25(18,22)23)3-4-13(14)15(19)17-11-5-8-24(20,21)10-11/h3-4,9,11H,1-2,5-8,10H2,(H,17,19). The minimum atomic E-state index is -3.35. The summed E-state index contributed by atoms with van der Waals surface area (Å²) in [4.78, 5) is 12.3. The highest BCUT2D eigenvalue weighted by Gasteiger charge is 2.30. The summed E-state index contributed by atoms with van der Waals surface area (Å²) >= 11 is 6.18. The summed E-state index contributed by atoms with van der Waals surface area (Å²) in [5.41, 5.74) is 0.633. The number of benzene rings is 1. The molecule has 1 atom stereocenters. The van der Waals surface area contributed by atoms with Crippen molar-refractivity contribution in [3.05, 3.63) is 28.8 Å². The molecule has 0 radical (unpaired) electrons. The Bertz CT molecular complexity index is 898. The zero-order valence-corrected chi connectivity index (χ0v) is 15.8. The zero-order valence-electron chi connectivity index (χ0n) is 13.4. The molecule has 2 aliphatic rings. The molecule has 0 aliphatic carbocycles. The quantitative estimate of drug-likeness (QED) is 0.812. The van der Waals surface area contributed by atoms with Crippen LogP contribution >= 0.6 is 11.6 Å². The van der Waals surface area contributed by atoms with Crippen molar-refractivity contribution in [2.75, 3.05) is 28.1 Å². The summed E-state index contributed by atoms with van der Waals surface area (Å²) in [7, 11) is -6.44. The third kappa shape index (κ3) is 4.09. The number of rotatable bonds is 3. The van der Waals surface area contributed by atoms with E-state index in [1.54, 1.807) is 6.07 Å². The second-order valence-electron chi connectivity index (χ2n) is 6.33. The van der Waals surface area contributed by atoms with E-state index in [1.165, 1.54) is 16.4 Å². The minimum Gasteiger partial charge on any atom is -0.348 e. The first-order chi connectivity index (χ1) is 11.7. The highest BCUT2D eigenvalue weighted by molar-refractivity contribution is 7.92. The topological polar surface area (TPSA) is 101 Å². The van der Waals surface area contributed by atoms with Gasteiger partial charge in [0.25, 0.3) is 5.91 Å². The highest BCUT2D eigenvalue weighted by Crippen LogP contribution is 2.28. The Hall–Kier alpha value is -1.32. The minimum absolute atomic E-state index is 0.0669. The van der Waals surface area contributed by atoms with E-state index in [9.17, 15) is 21.6 Å². The van der Waals surface area contributed by atoms with Crippen molar-refractivity contribution in [2.24, 2.45) is 0 Å². The van der Waals surface area contributed by atoms with E-state index in [1.807, 2.05) is 0 Å². The lowest BCUT2D eigenvalue weighted by atomic mass is 10.1. The molecule has 138 valence electrons. The summed E-state index contributed by atoms with van der Waals surface area (Å²) in [6.45, 7) is 0.393. The molecule has 10 heteroatoms. The number of hydrogen-bond acceptors (Lipinski definition) is 5. The van der Waals surface area contributed by atoms with Crippen LogP contribution in [0.4, 0.5) is 5.69 Å². The van der Waals surface area contributed by atoms with Crippen LogP contribution in [-0.4, -0.2) is 52.6 Å². The van der Waals surface area contributed by atoms with Crippen molar-refractivity contribution >= 4 is 43.1 Å². The monoisotopic (exact) mass is 406 g/mol. The fourth-order valence-electron chi connectivity index (χ4n) is 3.09. The fourth-order valence-corrected chi connectivity index (χ4v) is 6.66. The second kappa shape index (κ2) is 6.77. The van der Waals surface area contributed by atoms with Crippen LogP contribution in [0, 0.1) is 0 Å². The number of anilines is 1. The van der Waals surface area contributed by atoms with Crippen LogP contribution in [0.25, 0.3) is 0 Å². The highest BCUT2D eigenvalue weighted by atomic mass is 35.5. The lowest BCUT2D eigenvalue weighted by Gasteiger charge is -2.28. The Morgan fingerprint density at radius 1 is 1.16 bits per heavy atom. The normalized spacial score (nSPS) is 24.8. The number of carbonyl (C=O) groups is 1. The maximum atomic E-state index is 12.3. The van der Waals surface area contributed by atoms with E-state index in [0.29, 0.717) is 25.1 Å². The Balaban J connectivity index is 1.77. The van der Waals surface area contributed by atoms with Crippen molar-refractivity contribution in [1.29, 1.82) is 0 Å². The second-order valence-corrected chi connectivity index (χ2v) is 11.0. The lowest BCUT2D eigenvalue weighted by Crippen LogP contribution is -2.38. The summed E-state index contributed by atoms with van der Waals surface area (Å²) in [5, 5.41) is 2.81. The van der Waals surface area contributed by atoms with E-state index in [0.717, 1.165) is 6.42 Å². The third-order valence-corrected chi connectivity index (χ3v) is 8.35. The number of hydrogen-bond donors (Lipinski definition) is 1. The molecule has 1 unspecified atom stereocenters. The van der Waals surface area contributed by atoms with Crippen LogP contribution < -0.4 is 9.62 Å². The molecule has 2 heterocycles. The van der Waals surface area contributed by atoms with Gasteiger partial charge in [0.1, 0.15) is 0 Å². The van der Waals surface area contributed by atoms with Gasteiger partial charge in [-0.1, -0.05) is 11.6 Å². The van der Waals surface area contributed by atoms with Crippen LogP contribution in [0.2, 0.25) is 5.02 Å². The molecule has 1 N–H and O–H groups in total. The number of nitrogens with one attached hydrogen (secondary N) is 1. The first kappa shape index (κ1) is 18.5. The largest absolute Gasteiger partial charge is 0.348 e. The molecule has 2 saturated heterocycles. The van der Waals surface area contributed by atoms with Crippen molar-refractivity contribution in [3.8, 4) is 0 Å². The van der Waals surface area contributed by atoms with Gasteiger partial charge in [-0.05, 0) is 37.5 Å². The van der Waals surface area contributed by atoms with Gasteiger partial charge in [0.05, 0.1) is 33.5 Å². The van der Waals surface area contributed by atoms with Gasteiger partial charge < -0.3 is 5.32 Å². The number of sulfone groups is 1. The summed E-state index contributed by atoms with van der Waals surface area (Å²) in [5.74, 6) is -0.360. The van der Waals surface area contributed by atoms with Gasteiger partial charge in [-0.25, -0.2) is 16.8 Å². The van der Waals surface area contributed by atoms with Gasteiger partial charge in [-0.15, -0.1) is 0 Å². The molecule has 7 nitrogen and oxygen atoms in total. The molecule has 2 fully saturated rings. The molecule has 0 bridgehead atoms. The predicted octanol–water partition coefficient (Wildman–Crippen LogP) is 1.19. The average molecular weight is 407 g/mol. The number of sulfonamides is 1. The maximum Gasteiger partial charge on any atom is 0.253 e. The Labute approximate surface area is 152 Å². The maximum absolute atomic E-state index is 12.3. The van der Waals surface area contributed by atoms with Crippen LogP contribution in [0.3, 0.4) is 0 Å². The molecule has 2 aliphatic heterocycles. The SMILES string of the molecule is O=C(NC1CCS(=O)(=O)C1)c1ccc(N2CCCCS2(=O)=O)cc1Cl. The van der Waals surface area contributed by atoms with E-state index in [2.05, 4.69) is 5.32 Å². The molecule has 1 aromatic rings. The van der Waals surface area contributed by atoms with Crippen LogP contribution in [0.1, 0.15) is 29.6 Å². The molecular weight excluding hydrogens is 388 g/mol. The van der Waals surface area contributed by atoms with Crippen molar-refractivity contribution in [3.63, 3.8) is 0 Å². The molecule has 3 rings (SSSR count).